The molecule has 0 radical (unpaired) electrons. The van der Waals surface area contributed by atoms with Gasteiger partial charge in [0.25, 0.3) is 0 Å². The Hall–Kier alpha value is -0.860. The molecule has 1 N–H and O–H groups in total. The summed E-state index contributed by atoms with van der Waals surface area (Å²) in [6.45, 7) is 8.24. The van der Waals surface area contributed by atoms with Crippen LogP contribution in [-0.4, -0.2) is 30.6 Å². The highest BCUT2D eigenvalue weighted by atomic mass is 15.1. The molecule has 0 aliphatic carbocycles. The van der Waals surface area contributed by atoms with E-state index in [1.165, 1.54) is 50.9 Å². The molecular weight excluding hydrogens is 232 g/mol. The van der Waals surface area contributed by atoms with Gasteiger partial charge < -0.3 is 10.2 Å². The zero-order chi connectivity index (χ0) is 13.5. The predicted molar refractivity (Wildman–Crippen MR) is 82.4 cm³/mol. The molecule has 1 aliphatic rings. The van der Waals surface area contributed by atoms with E-state index < -0.39 is 0 Å². The van der Waals surface area contributed by atoms with Crippen LogP contribution in [0.2, 0.25) is 0 Å². The number of nitrogens with one attached hydrogen (secondary N) is 1. The Morgan fingerprint density at radius 1 is 1.16 bits per heavy atom. The summed E-state index contributed by atoms with van der Waals surface area (Å²) < 4.78 is 0. The molecule has 2 heteroatoms. The molecule has 0 amide bonds. The van der Waals surface area contributed by atoms with E-state index in [2.05, 4.69) is 54.4 Å². The Morgan fingerprint density at radius 2 is 1.84 bits per heavy atom. The Labute approximate surface area is 118 Å². The standard InChI is InChI=1S/C17H28N2/c1-3-8-17(15-9-6-5-7-10-15)18-16-11-13-19(4-2)14-12-16/h5-7,9-10,16-18H,3-4,8,11-14H2,1-2H3. The number of hydrogen-bond acceptors (Lipinski definition) is 2. The summed E-state index contributed by atoms with van der Waals surface area (Å²) in [5, 5.41) is 3.89. The first-order valence-corrected chi connectivity index (χ1v) is 7.86. The molecule has 1 aromatic carbocycles. The zero-order valence-electron chi connectivity index (χ0n) is 12.4. The quantitative estimate of drug-likeness (QED) is 0.840. The average Bonchev–Trinajstić information content (AvgIpc) is 2.48. The van der Waals surface area contributed by atoms with Gasteiger partial charge in [0.2, 0.25) is 0 Å². The van der Waals surface area contributed by atoms with E-state index in [4.69, 9.17) is 0 Å². The van der Waals surface area contributed by atoms with Gasteiger partial charge >= 0.3 is 0 Å². The van der Waals surface area contributed by atoms with Crippen molar-refractivity contribution in [2.24, 2.45) is 0 Å². The van der Waals surface area contributed by atoms with E-state index in [0.29, 0.717) is 12.1 Å². The number of rotatable bonds is 6. The minimum Gasteiger partial charge on any atom is -0.307 e. The van der Waals surface area contributed by atoms with Crippen molar-refractivity contribution in [1.82, 2.24) is 10.2 Å². The Balaban J connectivity index is 1.91. The molecule has 1 saturated heterocycles. The van der Waals surface area contributed by atoms with Crippen LogP contribution >= 0.6 is 0 Å². The lowest BCUT2D eigenvalue weighted by Crippen LogP contribution is -2.43. The fraction of sp³-hybridized carbons (Fsp3) is 0.647. The van der Waals surface area contributed by atoms with Crippen LogP contribution in [0.3, 0.4) is 0 Å². The van der Waals surface area contributed by atoms with Crippen molar-refractivity contribution < 1.29 is 0 Å². The van der Waals surface area contributed by atoms with Gasteiger partial charge in [-0.25, -0.2) is 0 Å². The molecule has 19 heavy (non-hydrogen) atoms. The lowest BCUT2D eigenvalue weighted by atomic mass is 9.98. The number of piperidine rings is 1. The minimum atomic E-state index is 0.532. The van der Waals surface area contributed by atoms with Gasteiger partial charge in [-0.05, 0) is 44.5 Å². The fourth-order valence-corrected chi connectivity index (χ4v) is 3.02. The summed E-state index contributed by atoms with van der Waals surface area (Å²) in [7, 11) is 0. The first-order chi connectivity index (χ1) is 9.33. The molecule has 0 spiro atoms. The lowest BCUT2D eigenvalue weighted by Gasteiger charge is -2.34. The molecular formula is C17H28N2. The van der Waals surface area contributed by atoms with E-state index in [-0.39, 0.29) is 0 Å². The molecule has 1 aromatic rings. The number of benzene rings is 1. The molecule has 2 rings (SSSR count). The Morgan fingerprint density at radius 3 is 2.42 bits per heavy atom. The molecule has 1 heterocycles. The summed E-state index contributed by atoms with van der Waals surface area (Å²) in [4.78, 5) is 2.55. The molecule has 106 valence electrons. The number of hydrogen-bond donors (Lipinski definition) is 1. The van der Waals surface area contributed by atoms with Crippen LogP contribution in [0.4, 0.5) is 0 Å². The highest BCUT2D eigenvalue weighted by Gasteiger charge is 2.21. The van der Waals surface area contributed by atoms with Crippen molar-refractivity contribution in [2.45, 2.75) is 51.6 Å². The van der Waals surface area contributed by atoms with Crippen LogP contribution in [-0.2, 0) is 0 Å². The molecule has 0 saturated carbocycles. The second-order valence-electron chi connectivity index (χ2n) is 5.63. The second kappa shape index (κ2) is 7.66. The molecule has 0 bridgehead atoms. The van der Waals surface area contributed by atoms with Gasteiger partial charge in [-0.3, -0.25) is 0 Å². The summed E-state index contributed by atoms with van der Waals surface area (Å²) in [6.07, 6.45) is 5.06. The highest BCUT2D eigenvalue weighted by Crippen LogP contribution is 2.21. The van der Waals surface area contributed by atoms with Gasteiger partial charge in [0.05, 0.1) is 0 Å². The second-order valence-corrected chi connectivity index (χ2v) is 5.63. The van der Waals surface area contributed by atoms with Gasteiger partial charge in [-0.2, -0.15) is 0 Å². The number of nitrogens with zero attached hydrogens (tertiary/aromatic N) is 1. The smallest absolute Gasteiger partial charge is 0.0322 e. The third-order valence-electron chi connectivity index (χ3n) is 4.25. The zero-order valence-corrected chi connectivity index (χ0v) is 12.4. The lowest BCUT2D eigenvalue weighted by molar-refractivity contribution is 0.197. The third kappa shape index (κ3) is 4.32. The summed E-state index contributed by atoms with van der Waals surface area (Å²) in [5.41, 5.74) is 1.45. The summed E-state index contributed by atoms with van der Waals surface area (Å²) >= 11 is 0. The maximum absolute atomic E-state index is 3.89. The normalized spacial score (nSPS) is 19.5. The van der Waals surface area contributed by atoms with Crippen LogP contribution < -0.4 is 5.32 Å². The number of likely N-dealkylation sites (tertiary alicyclic amines) is 1. The van der Waals surface area contributed by atoms with E-state index >= 15 is 0 Å². The van der Waals surface area contributed by atoms with Gasteiger partial charge in [-0.15, -0.1) is 0 Å². The Bertz CT molecular complexity index is 342. The topological polar surface area (TPSA) is 15.3 Å². The van der Waals surface area contributed by atoms with Gasteiger partial charge in [-0.1, -0.05) is 50.6 Å². The van der Waals surface area contributed by atoms with Crippen LogP contribution in [0.1, 0.15) is 51.1 Å². The first-order valence-electron chi connectivity index (χ1n) is 7.86. The van der Waals surface area contributed by atoms with Crippen molar-refractivity contribution in [3.05, 3.63) is 35.9 Å². The van der Waals surface area contributed by atoms with E-state index in [0.717, 1.165) is 0 Å². The predicted octanol–water partition coefficient (Wildman–Crippen LogP) is 3.60. The van der Waals surface area contributed by atoms with Crippen molar-refractivity contribution in [1.29, 1.82) is 0 Å². The molecule has 1 atom stereocenters. The van der Waals surface area contributed by atoms with Gasteiger partial charge in [0.15, 0.2) is 0 Å². The maximum atomic E-state index is 3.89. The van der Waals surface area contributed by atoms with Crippen LogP contribution in [0.5, 0.6) is 0 Å². The summed E-state index contributed by atoms with van der Waals surface area (Å²) in [5.74, 6) is 0. The highest BCUT2D eigenvalue weighted by molar-refractivity contribution is 5.19. The van der Waals surface area contributed by atoms with Crippen molar-refractivity contribution in [3.63, 3.8) is 0 Å². The van der Waals surface area contributed by atoms with E-state index in [1.54, 1.807) is 0 Å². The molecule has 2 nitrogen and oxygen atoms in total. The van der Waals surface area contributed by atoms with Crippen molar-refractivity contribution in [3.8, 4) is 0 Å². The van der Waals surface area contributed by atoms with Crippen molar-refractivity contribution >= 4 is 0 Å². The van der Waals surface area contributed by atoms with E-state index in [1.807, 2.05) is 0 Å². The van der Waals surface area contributed by atoms with Crippen molar-refractivity contribution in [2.75, 3.05) is 19.6 Å². The minimum absolute atomic E-state index is 0.532. The van der Waals surface area contributed by atoms with Crippen LogP contribution in [0, 0.1) is 0 Å². The largest absolute Gasteiger partial charge is 0.307 e. The first kappa shape index (κ1) is 14.5. The van der Waals surface area contributed by atoms with E-state index in [9.17, 15) is 0 Å². The molecule has 1 fully saturated rings. The van der Waals surface area contributed by atoms with Gasteiger partial charge in [0.1, 0.15) is 0 Å². The van der Waals surface area contributed by atoms with Crippen LogP contribution in [0.25, 0.3) is 0 Å². The molecule has 1 unspecified atom stereocenters. The monoisotopic (exact) mass is 260 g/mol. The molecule has 0 aromatic heterocycles. The fourth-order valence-electron chi connectivity index (χ4n) is 3.02. The SMILES string of the molecule is CCCC(NC1CCN(CC)CC1)c1ccccc1. The van der Waals surface area contributed by atoms with Gasteiger partial charge in [0, 0.05) is 12.1 Å². The molecule has 1 aliphatic heterocycles. The third-order valence-corrected chi connectivity index (χ3v) is 4.25. The summed E-state index contributed by atoms with van der Waals surface area (Å²) in [6, 6.07) is 12.2. The average molecular weight is 260 g/mol. The Kier molecular flexibility index (Phi) is 5.87. The van der Waals surface area contributed by atoms with Crippen LogP contribution in [0.15, 0.2) is 30.3 Å². The maximum Gasteiger partial charge on any atom is 0.0322 e.